The lowest BCUT2D eigenvalue weighted by atomic mass is 9.96. The highest BCUT2D eigenvalue weighted by molar-refractivity contribution is 5.39. The molecule has 0 amide bonds. The lowest BCUT2D eigenvalue weighted by Crippen LogP contribution is -2.29. The van der Waals surface area contributed by atoms with Gasteiger partial charge in [0, 0.05) is 12.6 Å². The van der Waals surface area contributed by atoms with Crippen LogP contribution in [0, 0.1) is 6.92 Å². The highest BCUT2D eigenvalue weighted by atomic mass is 16.5. The zero-order chi connectivity index (χ0) is 15.2. The van der Waals surface area contributed by atoms with Crippen molar-refractivity contribution in [3.63, 3.8) is 0 Å². The number of hydrogen-bond acceptors (Lipinski definition) is 4. The predicted octanol–water partition coefficient (Wildman–Crippen LogP) is 2.53. The van der Waals surface area contributed by atoms with E-state index in [1.165, 1.54) is 0 Å². The van der Waals surface area contributed by atoms with Crippen molar-refractivity contribution < 1.29 is 14.9 Å². The van der Waals surface area contributed by atoms with Crippen molar-refractivity contribution in [2.24, 2.45) is 5.73 Å². The first-order chi connectivity index (χ1) is 10.1. The summed E-state index contributed by atoms with van der Waals surface area (Å²) < 4.78 is 5.75. The Bertz CT molecular complexity index is 572. The number of para-hydroxylation sites is 1. The van der Waals surface area contributed by atoms with E-state index >= 15 is 0 Å². The first-order valence-corrected chi connectivity index (χ1v) is 6.99. The molecule has 2 atom stereocenters. The molecule has 0 radical (unpaired) electrons. The van der Waals surface area contributed by atoms with Gasteiger partial charge in [0.15, 0.2) is 0 Å². The van der Waals surface area contributed by atoms with Crippen LogP contribution in [0.4, 0.5) is 0 Å². The monoisotopic (exact) mass is 287 g/mol. The predicted molar refractivity (Wildman–Crippen MR) is 82.3 cm³/mol. The third-order valence-corrected chi connectivity index (χ3v) is 3.41. The smallest absolute Gasteiger partial charge is 0.127 e. The van der Waals surface area contributed by atoms with Crippen molar-refractivity contribution in [1.29, 1.82) is 0 Å². The van der Waals surface area contributed by atoms with Gasteiger partial charge in [-0.3, -0.25) is 0 Å². The number of aliphatic hydroxyl groups excluding tert-OH is 2. The van der Waals surface area contributed by atoms with E-state index in [-0.39, 0.29) is 6.61 Å². The molecule has 2 rings (SSSR count). The van der Waals surface area contributed by atoms with Crippen LogP contribution in [0.25, 0.3) is 0 Å². The minimum atomic E-state index is -0.789. The maximum absolute atomic E-state index is 10.2. The number of hydrogen-bond donors (Lipinski definition) is 3. The summed E-state index contributed by atoms with van der Waals surface area (Å²) >= 11 is 0. The second-order valence-electron chi connectivity index (χ2n) is 5.05. The van der Waals surface area contributed by atoms with Crippen LogP contribution < -0.4 is 10.5 Å². The normalized spacial score (nSPS) is 13.7. The molecule has 2 aromatic rings. The van der Waals surface area contributed by atoms with Crippen LogP contribution in [0.2, 0.25) is 0 Å². The van der Waals surface area contributed by atoms with Crippen molar-refractivity contribution >= 4 is 0 Å². The summed E-state index contributed by atoms with van der Waals surface area (Å²) in [7, 11) is 0. The maximum Gasteiger partial charge on any atom is 0.127 e. The van der Waals surface area contributed by atoms with Crippen molar-refractivity contribution in [2.75, 3.05) is 6.61 Å². The highest BCUT2D eigenvalue weighted by Crippen LogP contribution is 2.27. The van der Waals surface area contributed by atoms with Crippen LogP contribution in [-0.2, 0) is 0 Å². The molecule has 4 heteroatoms. The molecule has 0 aliphatic rings. The van der Waals surface area contributed by atoms with Crippen LogP contribution in [-0.4, -0.2) is 22.9 Å². The number of rotatable bonds is 6. The average molecular weight is 287 g/mol. The minimum Gasteiger partial charge on any atom is -0.457 e. The lowest BCUT2D eigenvalue weighted by molar-refractivity contribution is 0.128. The lowest BCUT2D eigenvalue weighted by Gasteiger charge is -2.20. The third kappa shape index (κ3) is 4.04. The van der Waals surface area contributed by atoms with Gasteiger partial charge in [-0.05, 0) is 48.7 Å². The fraction of sp³-hybridized carbons (Fsp3) is 0.294. The molecule has 0 heterocycles. The molecule has 2 aromatic carbocycles. The number of aryl methyl sites for hydroxylation is 1. The second kappa shape index (κ2) is 7.22. The largest absolute Gasteiger partial charge is 0.457 e. The number of aliphatic hydroxyl groups is 2. The topological polar surface area (TPSA) is 75.7 Å². The van der Waals surface area contributed by atoms with Gasteiger partial charge >= 0.3 is 0 Å². The summed E-state index contributed by atoms with van der Waals surface area (Å²) in [6, 6.07) is 14.5. The molecule has 2 unspecified atom stereocenters. The van der Waals surface area contributed by atoms with Gasteiger partial charge in [0.2, 0.25) is 0 Å². The van der Waals surface area contributed by atoms with Crippen molar-refractivity contribution in [3.8, 4) is 11.5 Å². The van der Waals surface area contributed by atoms with Crippen LogP contribution in [0.15, 0.2) is 48.5 Å². The van der Waals surface area contributed by atoms with Gasteiger partial charge in [-0.15, -0.1) is 0 Å². The van der Waals surface area contributed by atoms with E-state index in [9.17, 15) is 5.11 Å². The Labute approximate surface area is 124 Å². The second-order valence-corrected chi connectivity index (χ2v) is 5.05. The Kier molecular flexibility index (Phi) is 5.33. The number of benzene rings is 2. The number of ether oxygens (including phenoxy) is 1. The van der Waals surface area contributed by atoms with Crippen molar-refractivity contribution in [1.82, 2.24) is 0 Å². The summed E-state index contributed by atoms with van der Waals surface area (Å²) in [4.78, 5) is 0. The zero-order valence-corrected chi connectivity index (χ0v) is 12.1. The molecular weight excluding hydrogens is 266 g/mol. The van der Waals surface area contributed by atoms with Crippen molar-refractivity contribution in [3.05, 3.63) is 59.7 Å². The molecule has 0 spiro atoms. The summed E-state index contributed by atoms with van der Waals surface area (Å²) in [6.45, 7) is 1.87. The first-order valence-electron chi connectivity index (χ1n) is 6.99. The van der Waals surface area contributed by atoms with Gasteiger partial charge in [0.1, 0.15) is 11.5 Å². The fourth-order valence-corrected chi connectivity index (χ4v) is 2.21. The van der Waals surface area contributed by atoms with E-state index in [0.717, 1.165) is 16.9 Å². The van der Waals surface area contributed by atoms with Crippen LogP contribution in [0.3, 0.4) is 0 Å². The van der Waals surface area contributed by atoms with Gasteiger partial charge in [-0.1, -0.05) is 24.3 Å². The van der Waals surface area contributed by atoms with Crippen molar-refractivity contribution in [2.45, 2.75) is 25.5 Å². The van der Waals surface area contributed by atoms with E-state index in [1.807, 2.05) is 55.5 Å². The van der Waals surface area contributed by atoms with E-state index in [0.29, 0.717) is 12.2 Å². The molecule has 4 N–H and O–H groups in total. The third-order valence-electron chi connectivity index (χ3n) is 3.41. The highest BCUT2D eigenvalue weighted by Gasteiger charge is 2.18. The Hall–Kier alpha value is -1.88. The summed E-state index contributed by atoms with van der Waals surface area (Å²) in [5.41, 5.74) is 7.52. The fourth-order valence-electron chi connectivity index (χ4n) is 2.21. The van der Waals surface area contributed by atoms with Crippen LogP contribution >= 0.6 is 0 Å². The standard InChI is InChI=1S/C17H21NO3/c1-12-11-14(21-13-5-3-2-4-6-13)7-8-15(12)17(20)16(18)9-10-19/h2-8,11,16-17,19-20H,9-10,18H2,1H3. The van der Waals surface area contributed by atoms with Crippen LogP contribution in [0.1, 0.15) is 23.7 Å². The molecular formula is C17H21NO3. The quantitative estimate of drug-likeness (QED) is 0.763. The molecule has 112 valence electrons. The molecule has 0 aliphatic heterocycles. The van der Waals surface area contributed by atoms with Gasteiger partial charge in [0.25, 0.3) is 0 Å². The van der Waals surface area contributed by atoms with Gasteiger partial charge < -0.3 is 20.7 Å². The molecule has 0 bridgehead atoms. The molecule has 21 heavy (non-hydrogen) atoms. The summed E-state index contributed by atoms with van der Waals surface area (Å²) in [5, 5.41) is 19.1. The Morgan fingerprint density at radius 3 is 2.43 bits per heavy atom. The first kappa shape index (κ1) is 15.5. The molecule has 0 fully saturated rings. The Balaban J connectivity index is 2.14. The van der Waals surface area contributed by atoms with Gasteiger partial charge in [0.05, 0.1) is 6.10 Å². The maximum atomic E-state index is 10.2. The molecule has 0 aromatic heterocycles. The minimum absolute atomic E-state index is 0.0352. The molecule has 0 saturated carbocycles. The van der Waals surface area contributed by atoms with Gasteiger partial charge in [-0.25, -0.2) is 0 Å². The molecule has 0 aliphatic carbocycles. The SMILES string of the molecule is Cc1cc(Oc2ccccc2)ccc1C(O)C(N)CCO. The molecule has 4 nitrogen and oxygen atoms in total. The van der Waals surface area contributed by atoms with E-state index in [1.54, 1.807) is 0 Å². The van der Waals surface area contributed by atoms with E-state index < -0.39 is 12.1 Å². The van der Waals surface area contributed by atoms with Crippen LogP contribution in [0.5, 0.6) is 11.5 Å². The summed E-state index contributed by atoms with van der Waals surface area (Å²) in [5.74, 6) is 1.48. The van der Waals surface area contributed by atoms with E-state index in [2.05, 4.69) is 0 Å². The summed E-state index contributed by atoms with van der Waals surface area (Å²) in [6.07, 6.45) is -0.425. The zero-order valence-electron chi connectivity index (χ0n) is 12.1. The average Bonchev–Trinajstić information content (AvgIpc) is 2.48. The Morgan fingerprint density at radius 2 is 1.81 bits per heavy atom. The Morgan fingerprint density at radius 1 is 1.10 bits per heavy atom. The van der Waals surface area contributed by atoms with E-state index in [4.69, 9.17) is 15.6 Å². The molecule has 0 saturated heterocycles. The number of nitrogens with two attached hydrogens (primary N) is 1. The van der Waals surface area contributed by atoms with Gasteiger partial charge in [-0.2, -0.15) is 0 Å².